The molecule has 0 fully saturated rings. The van der Waals surface area contributed by atoms with Crippen LogP contribution in [0.25, 0.3) is 0 Å². The maximum atomic E-state index is 5.78. The number of hydrogen-bond donors (Lipinski definition) is 0. The summed E-state index contributed by atoms with van der Waals surface area (Å²) in [5.74, 6) is 1.51. The van der Waals surface area contributed by atoms with Gasteiger partial charge in [-0.3, -0.25) is 0 Å². The number of thioether (sulfide) groups is 1. The van der Waals surface area contributed by atoms with Gasteiger partial charge in [-0.15, -0.1) is 34.7 Å². The van der Waals surface area contributed by atoms with Gasteiger partial charge in [0, 0.05) is 21.6 Å². The summed E-state index contributed by atoms with van der Waals surface area (Å²) in [6.45, 7) is 6.59. The van der Waals surface area contributed by atoms with Crippen molar-refractivity contribution in [3.63, 3.8) is 0 Å². The van der Waals surface area contributed by atoms with Gasteiger partial charge in [-0.1, -0.05) is 32.9 Å². The van der Waals surface area contributed by atoms with Gasteiger partial charge in [-0.05, 0) is 17.7 Å². The van der Waals surface area contributed by atoms with Crippen molar-refractivity contribution in [1.29, 1.82) is 0 Å². The first-order valence-corrected chi connectivity index (χ1v) is 8.61. The van der Waals surface area contributed by atoms with E-state index in [0.717, 1.165) is 11.3 Å². The predicted octanol–water partition coefficient (Wildman–Crippen LogP) is 5.47. The molecule has 2 rings (SSSR count). The van der Waals surface area contributed by atoms with Crippen LogP contribution in [0.2, 0.25) is 0 Å². The first-order chi connectivity index (χ1) is 8.99. The van der Waals surface area contributed by atoms with Gasteiger partial charge in [0.1, 0.15) is 5.01 Å². The van der Waals surface area contributed by atoms with Crippen LogP contribution in [0.4, 0.5) is 0 Å². The zero-order chi connectivity index (χ0) is 13.9. The molecule has 1 heterocycles. The third kappa shape index (κ3) is 4.23. The van der Waals surface area contributed by atoms with Gasteiger partial charge >= 0.3 is 0 Å². The van der Waals surface area contributed by atoms with Gasteiger partial charge in [0.15, 0.2) is 0 Å². The van der Waals surface area contributed by atoms with Gasteiger partial charge in [0.05, 0.1) is 11.4 Å². The molecule has 0 aliphatic rings. The quantitative estimate of drug-likeness (QED) is 0.548. The molecule has 0 amide bonds. The molecule has 1 aromatic heterocycles. The second kappa shape index (κ2) is 6.29. The van der Waals surface area contributed by atoms with Gasteiger partial charge in [0.25, 0.3) is 0 Å². The fraction of sp³-hybridized carbons (Fsp3) is 0.400. The lowest BCUT2D eigenvalue weighted by atomic mass is 9.93. The number of thiazole rings is 1. The molecular formula is C15H18ClNS2. The lowest BCUT2D eigenvalue weighted by molar-refractivity contribution is 0.572. The van der Waals surface area contributed by atoms with Crippen LogP contribution in [0.5, 0.6) is 0 Å². The predicted molar refractivity (Wildman–Crippen MR) is 86.4 cm³/mol. The van der Waals surface area contributed by atoms with Gasteiger partial charge in [-0.2, -0.15) is 0 Å². The maximum Gasteiger partial charge on any atom is 0.103 e. The molecule has 0 radical (unpaired) electrons. The number of nitrogens with zero attached hydrogens (tertiary/aromatic N) is 1. The number of aromatic nitrogens is 1. The van der Waals surface area contributed by atoms with Crippen molar-refractivity contribution in [3.8, 4) is 0 Å². The molecular weight excluding hydrogens is 294 g/mol. The average molecular weight is 312 g/mol. The van der Waals surface area contributed by atoms with Crippen LogP contribution in [0.3, 0.4) is 0 Å². The largest absolute Gasteiger partial charge is 0.245 e. The Morgan fingerprint density at radius 2 is 1.89 bits per heavy atom. The van der Waals surface area contributed by atoms with Crippen molar-refractivity contribution in [2.45, 2.75) is 42.7 Å². The SMILES string of the molecule is CC(C)(C)c1csc(CSc2ccc(CCl)cc2)n1. The number of benzene rings is 1. The molecule has 0 saturated carbocycles. The monoisotopic (exact) mass is 311 g/mol. The molecule has 0 unspecified atom stereocenters. The smallest absolute Gasteiger partial charge is 0.103 e. The van der Waals surface area contributed by atoms with Gasteiger partial charge < -0.3 is 0 Å². The fourth-order valence-electron chi connectivity index (χ4n) is 1.54. The third-order valence-electron chi connectivity index (χ3n) is 2.76. The number of alkyl halides is 1. The Kier molecular flexibility index (Phi) is 4.93. The Morgan fingerprint density at radius 3 is 2.42 bits per heavy atom. The summed E-state index contributed by atoms with van der Waals surface area (Å²) in [6.07, 6.45) is 0. The van der Waals surface area contributed by atoms with E-state index >= 15 is 0 Å². The molecule has 4 heteroatoms. The second-order valence-corrected chi connectivity index (χ2v) is 7.70. The van der Waals surface area contributed by atoms with E-state index < -0.39 is 0 Å². The van der Waals surface area contributed by atoms with E-state index in [1.54, 1.807) is 11.3 Å². The topological polar surface area (TPSA) is 12.9 Å². The molecule has 0 bridgehead atoms. The highest BCUT2D eigenvalue weighted by Crippen LogP contribution is 2.28. The van der Waals surface area contributed by atoms with Crippen LogP contribution < -0.4 is 0 Å². The van der Waals surface area contributed by atoms with Crippen molar-refractivity contribution in [2.24, 2.45) is 0 Å². The Bertz CT molecular complexity index is 526. The molecule has 2 aromatic rings. The lowest BCUT2D eigenvalue weighted by Gasteiger charge is -2.14. The van der Waals surface area contributed by atoms with E-state index in [4.69, 9.17) is 16.6 Å². The molecule has 0 aliphatic heterocycles. The van der Waals surface area contributed by atoms with Crippen molar-refractivity contribution in [3.05, 3.63) is 45.9 Å². The fourth-order valence-corrected chi connectivity index (χ4v) is 3.66. The summed E-state index contributed by atoms with van der Waals surface area (Å²) < 4.78 is 0. The van der Waals surface area contributed by atoms with Crippen molar-refractivity contribution in [2.75, 3.05) is 0 Å². The number of rotatable bonds is 4. The van der Waals surface area contributed by atoms with Crippen LogP contribution in [-0.4, -0.2) is 4.98 Å². The highest BCUT2D eigenvalue weighted by Gasteiger charge is 2.17. The maximum absolute atomic E-state index is 5.78. The number of halogens is 1. The van der Waals surface area contributed by atoms with Crippen molar-refractivity contribution < 1.29 is 0 Å². The molecule has 0 saturated heterocycles. The van der Waals surface area contributed by atoms with E-state index in [1.165, 1.54) is 15.6 Å². The molecule has 0 spiro atoms. The molecule has 0 N–H and O–H groups in total. The standard InChI is InChI=1S/C15H18ClNS2/c1-15(2,3)13-9-19-14(17-13)10-18-12-6-4-11(8-16)5-7-12/h4-7,9H,8,10H2,1-3H3. The normalized spacial score (nSPS) is 11.8. The van der Waals surface area contributed by atoms with Crippen molar-refractivity contribution in [1.82, 2.24) is 4.98 Å². The number of hydrogen-bond acceptors (Lipinski definition) is 3. The first kappa shape index (κ1) is 14.9. The van der Waals surface area contributed by atoms with E-state index in [0.29, 0.717) is 5.88 Å². The summed E-state index contributed by atoms with van der Waals surface area (Å²) in [5, 5.41) is 3.36. The summed E-state index contributed by atoms with van der Waals surface area (Å²) in [4.78, 5) is 5.97. The summed E-state index contributed by atoms with van der Waals surface area (Å²) in [6, 6.07) is 8.41. The van der Waals surface area contributed by atoms with E-state index in [9.17, 15) is 0 Å². The van der Waals surface area contributed by atoms with Crippen LogP contribution in [-0.2, 0) is 17.0 Å². The van der Waals surface area contributed by atoms with E-state index in [2.05, 4.69) is 50.4 Å². The summed E-state index contributed by atoms with van der Waals surface area (Å²) in [7, 11) is 0. The second-order valence-electron chi connectivity index (χ2n) is 5.44. The molecule has 1 nitrogen and oxygen atoms in total. The zero-order valence-corrected chi connectivity index (χ0v) is 13.8. The van der Waals surface area contributed by atoms with E-state index in [1.807, 2.05) is 11.8 Å². The Morgan fingerprint density at radius 1 is 1.21 bits per heavy atom. The molecule has 1 aromatic carbocycles. The average Bonchev–Trinajstić information content (AvgIpc) is 2.86. The Balaban J connectivity index is 1.96. The highest BCUT2D eigenvalue weighted by molar-refractivity contribution is 7.98. The van der Waals surface area contributed by atoms with Crippen LogP contribution >= 0.6 is 34.7 Å². The summed E-state index contributed by atoms with van der Waals surface area (Å²) >= 11 is 9.35. The van der Waals surface area contributed by atoms with Crippen molar-refractivity contribution >= 4 is 34.7 Å². The van der Waals surface area contributed by atoms with Crippen LogP contribution in [0, 0.1) is 0 Å². The molecule has 102 valence electrons. The summed E-state index contributed by atoms with van der Waals surface area (Å²) in [5.41, 5.74) is 2.49. The highest BCUT2D eigenvalue weighted by atomic mass is 35.5. The minimum atomic E-state index is 0.140. The van der Waals surface area contributed by atoms with Gasteiger partial charge in [-0.25, -0.2) is 4.98 Å². The Labute approximate surface area is 128 Å². The molecule has 0 aliphatic carbocycles. The van der Waals surface area contributed by atoms with Gasteiger partial charge in [0.2, 0.25) is 0 Å². The minimum absolute atomic E-state index is 0.140. The van der Waals surface area contributed by atoms with Crippen LogP contribution in [0.15, 0.2) is 34.5 Å². The zero-order valence-electron chi connectivity index (χ0n) is 11.4. The first-order valence-electron chi connectivity index (χ1n) is 6.21. The third-order valence-corrected chi connectivity index (χ3v) is 5.12. The molecule has 0 atom stereocenters. The lowest BCUT2D eigenvalue weighted by Crippen LogP contribution is -2.11. The van der Waals surface area contributed by atoms with Crippen LogP contribution in [0.1, 0.15) is 37.0 Å². The Hall–Kier alpha value is -0.510. The minimum Gasteiger partial charge on any atom is -0.245 e. The molecule has 19 heavy (non-hydrogen) atoms. The van der Waals surface area contributed by atoms with E-state index in [-0.39, 0.29) is 5.41 Å².